The Balaban J connectivity index is 1.22. The molecule has 46 heavy (non-hydrogen) atoms. The van der Waals surface area contributed by atoms with Crippen molar-refractivity contribution >= 4 is 49.9 Å². The van der Waals surface area contributed by atoms with Crippen LogP contribution in [0, 0.1) is 0 Å². The second-order valence-electron chi connectivity index (χ2n) is 10.1. The number of phosphoric ester groups is 1. The van der Waals surface area contributed by atoms with Crippen LogP contribution in [0.15, 0.2) is 23.8 Å². The number of hydrogen-bond acceptors (Lipinski definition) is 18. The summed E-state index contributed by atoms with van der Waals surface area (Å²) in [6, 6.07) is 0. The predicted molar refractivity (Wildman–Crippen MR) is 149 cm³/mol. The summed E-state index contributed by atoms with van der Waals surface area (Å²) in [6.45, 7) is -1.51. The number of nitrogens with one attached hydrogen (secondary N) is 1. The molecule has 0 spiro atoms. The average molecular weight is 689 g/mol. The molecule has 6 heterocycles. The van der Waals surface area contributed by atoms with Gasteiger partial charge < -0.3 is 45.9 Å². The lowest BCUT2D eigenvalue weighted by atomic mass is 10.1. The quantitative estimate of drug-likeness (QED) is 0.0738. The summed E-state index contributed by atoms with van der Waals surface area (Å²) in [6.07, 6.45) is -8.85. The Morgan fingerprint density at radius 1 is 1.00 bits per heavy atom. The Labute approximate surface area is 256 Å². The number of aromatic nitrogens is 8. The van der Waals surface area contributed by atoms with E-state index in [1.54, 1.807) is 0 Å². The highest BCUT2D eigenvalue weighted by Crippen LogP contribution is 2.50. The number of nitrogens with two attached hydrogens (primary N) is 2. The molecule has 4 aromatic rings. The number of nitrogens with zero attached hydrogens (tertiary/aromatic N) is 7. The number of H-pyrrole nitrogens is 1. The minimum atomic E-state index is -5.15. The van der Waals surface area contributed by atoms with Gasteiger partial charge in [-0.15, -0.1) is 0 Å². The van der Waals surface area contributed by atoms with Crippen molar-refractivity contribution in [2.75, 3.05) is 31.0 Å². The van der Waals surface area contributed by atoms with Crippen LogP contribution in [0.5, 0.6) is 0 Å². The Morgan fingerprint density at radius 2 is 1.70 bits per heavy atom. The van der Waals surface area contributed by atoms with Crippen LogP contribution in [0.1, 0.15) is 12.5 Å². The number of imidazole rings is 2. The number of nitrogen functional groups attached to an aromatic ring is 2. The van der Waals surface area contributed by atoms with E-state index in [1.807, 2.05) is 0 Å². The number of aliphatic hydroxyl groups excluding tert-OH is 3. The van der Waals surface area contributed by atoms with Gasteiger partial charge in [0, 0.05) is 0 Å². The summed E-state index contributed by atoms with van der Waals surface area (Å²) in [5.41, 5.74) is 10.9. The zero-order chi connectivity index (χ0) is 32.9. The maximum atomic E-state index is 13.2. The number of ether oxygens (including phenoxy) is 3. The molecule has 25 heteroatoms. The number of fused-ring (bicyclic) bond motifs is 2. The first-order valence-corrected chi connectivity index (χ1v) is 16.1. The molecule has 0 amide bonds. The van der Waals surface area contributed by atoms with Crippen molar-refractivity contribution in [2.24, 2.45) is 0 Å². The van der Waals surface area contributed by atoms with Crippen molar-refractivity contribution < 1.29 is 57.5 Å². The van der Waals surface area contributed by atoms with E-state index in [4.69, 9.17) is 34.7 Å². The second kappa shape index (κ2) is 12.6. The van der Waals surface area contributed by atoms with Crippen molar-refractivity contribution in [1.82, 2.24) is 39.0 Å². The molecule has 2 aliphatic rings. The summed E-state index contributed by atoms with van der Waals surface area (Å²) < 4.78 is 54.3. The summed E-state index contributed by atoms with van der Waals surface area (Å²) in [4.78, 5) is 54.5. The van der Waals surface area contributed by atoms with Crippen molar-refractivity contribution in [2.45, 2.75) is 49.1 Å². The highest BCUT2D eigenvalue weighted by Gasteiger charge is 2.51. The van der Waals surface area contributed by atoms with Gasteiger partial charge in [0.1, 0.15) is 48.5 Å². The van der Waals surface area contributed by atoms with Gasteiger partial charge in [0.25, 0.3) is 11.9 Å². The zero-order valence-corrected chi connectivity index (χ0v) is 24.9. The van der Waals surface area contributed by atoms with Crippen LogP contribution in [-0.2, 0) is 32.4 Å². The molecule has 6 unspecified atom stereocenters. The topological polar surface area (TPSA) is 341 Å². The highest BCUT2D eigenvalue weighted by atomic mass is 31.2. The molecule has 10 N–H and O–H groups in total. The summed E-state index contributed by atoms with van der Waals surface area (Å²) >= 11 is 0. The molecule has 0 saturated carbocycles. The monoisotopic (exact) mass is 689 g/mol. The fourth-order valence-electron chi connectivity index (χ4n) is 5.18. The zero-order valence-electron chi connectivity index (χ0n) is 23.2. The summed E-state index contributed by atoms with van der Waals surface area (Å²) in [5.74, 6) is -0.224. The van der Waals surface area contributed by atoms with E-state index < -0.39 is 90.1 Å². The fourth-order valence-corrected chi connectivity index (χ4v) is 6.42. The summed E-state index contributed by atoms with van der Waals surface area (Å²) in [7, 11) is -7.95. The number of anilines is 2. The number of aliphatic hydroxyl groups is 3. The molecule has 2 saturated heterocycles. The number of aromatic amines is 1. The first kappa shape index (κ1) is 32.4. The first-order chi connectivity index (χ1) is 21.9. The fraction of sp³-hybridized carbons (Fsp3) is 0.524. The molecule has 248 valence electrons. The summed E-state index contributed by atoms with van der Waals surface area (Å²) in [5, 5.41) is 31.6. The Hall–Kier alpha value is -3.57. The average Bonchev–Trinajstić information content (AvgIpc) is 3.76. The molecule has 0 aromatic carbocycles. The van der Waals surface area contributed by atoms with Crippen LogP contribution in [0.25, 0.3) is 22.3 Å². The molecular formula is C21H27N10O13P2+. The van der Waals surface area contributed by atoms with Gasteiger partial charge in [-0.2, -0.15) is 9.88 Å². The largest absolute Gasteiger partial charge is 0.534 e. The second-order valence-corrected chi connectivity index (χ2v) is 12.5. The molecule has 10 atom stereocenters. The predicted octanol–water partition coefficient (Wildman–Crippen LogP) is -2.79. The van der Waals surface area contributed by atoms with Crippen molar-refractivity contribution in [3.05, 3.63) is 29.3 Å². The smallest absolute Gasteiger partial charge is 0.394 e. The van der Waals surface area contributed by atoms with E-state index >= 15 is 0 Å². The third-order valence-corrected chi connectivity index (χ3v) is 8.58. The van der Waals surface area contributed by atoms with Gasteiger partial charge in [-0.3, -0.25) is 28.0 Å². The highest BCUT2D eigenvalue weighted by molar-refractivity contribution is 7.47. The molecule has 0 bridgehead atoms. The minimum absolute atomic E-state index is 0.0501. The van der Waals surface area contributed by atoms with Crippen LogP contribution in [0.2, 0.25) is 0 Å². The standard InChI is InChI=1S/C21H26N10O13P2/c22-15-9-16(25-3-24-15)30(4-26-9)19-12(34)13(40-6-45(36)37)8(43-19)2-41-46(38,39)44-14-11(33)7(1-32)42-20(14)31-5-27-10-17(31)28-21(23)29-18(10)35/h3-5,7-8,11-14,19-20,32-34H,1-2,6H2,(H6-,22,23,24,25,28,29,35,36,37,38,39)/p+1/t7-,8-,11?,12?,13?,14?,19-,20-/m1/s1. The van der Waals surface area contributed by atoms with Crippen LogP contribution in [0.3, 0.4) is 0 Å². The lowest BCUT2D eigenvalue weighted by molar-refractivity contribution is -0.0649. The van der Waals surface area contributed by atoms with Crippen LogP contribution < -0.4 is 17.0 Å². The first-order valence-electron chi connectivity index (χ1n) is 13.2. The molecule has 4 aromatic heterocycles. The molecule has 0 radical (unpaired) electrons. The Kier molecular flexibility index (Phi) is 8.84. The maximum Gasteiger partial charge on any atom is 0.534 e. The van der Waals surface area contributed by atoms with Gasteiger partial charge in [0.15, 0.2) is 35.1 Å². The third kappa shape index (κ3) is 5.99. The number of hydrogen-bond donors (Lipinski definition) is 8. The molecule has 6 rings (SSSR count). The van der Waals surface area contributed by atoms with E-state index in [0.29, 0.717) is 0 Å². The molecule has 2 aliphatic heterocycles. The van der Waals surface area contributed by atoms with Crippen LogP contribution in [-0.4, -0.2) is 120 Å². The van der Waals surface area contributed by atoms with Gasteiger partial charge in [-0.05, 0) is 4.57 Å². The third-order valence-electron chi connectivity index (χ3n) is 7.22. The van der Waals surface area contributed by atoms with Gasteiger partial charge in [0.2, 0.25) is 5.95 Å². The SMILES string of the molecule is Nc1nc2c(ncn2[C@@H]2O[C@H](CO)C(O)C2OP(=O)(O)OC[C@H]2O[C@@H](n3cnc4c(N)ncnc43)C(O)C2OC[P+](=O)O)c(=O)[nH]1. The normalized spacial score (nSPS) is 29.9. The van der Waals surface area contributed by atoms with E-state index in [9.17, 15) is 39.0 Å². The minimum Gasteiger partial charge on any atom is -0.394 e. The van der Waals surface area contributed by atoms with Crippen LogP contribution in [0.4, 0.5) is 11.8 Å². The molecule has 2 fully saturated rings. The lowest BCUT2D eigenvalue weighted by Gasteiger charge is -2.25. The number of rotatable bonds is 11. The van der Waals surface area contributed by atoms with E-state index in [2.05, 4.69) is 29.9 Å². The van der Waals surface area contributed by atoms with E-state index in [1.165, 1.54) is 10.9 Å². The van der Waals surface area contributed by atoms with Crippen molar-refractivity contribution in [3.63, 3.8) is 0 Å². The van der Waals surface area contributed by atoms with E-state index in [-0.39, 0.29) is 34.1 Å². The number of phosphoric acid groups is 1. The van der Waals surface area contributed by atoms with Crippen molar-refractivity contribution in [1.29, 1.82) is 0 Å². The van der Waals surface area contributed by atoms with Crippen LogP contribution >= 0.6 is 15.9 Å². The molecular weight excluding hydrogens is 662 g/mol. The lowest BCUT2D eigenvalue weighted by Crippen LogP contribution is -2.37. The molecule has 0 aliphatic carbocycles. The maximum absolute atomic E-state index is 13.2. The Morgan fingerprint density at radius 3 is 2.41 bits per heavy atom. The van der Waals surface area contributed by atoms with Crippen molar-refractivity contribution in [3.8, 4) is 0 Å². The Bertz CT molecular complexity index is 1870. The van der Waals surface area contributed by atoms with E-state index in [0.717, 1.165) is 17.2 Å². The van der Waals surface area contributed by atoms with Gasteiger partial charge in [0.05, 0.1) is 25.9 Å². The van der Waals surface area contributed by atoms with Gasteiger partial charge >= 0.3 is 15.9 Å². The molecule has 23 nitrogen and oxygen atoms in total. The van der Waals surface area contributed by atoms with Gasteiger partial charge in [-0.1, -0.05) is 0 Å². The van der Waals surface area contributed by atoms with Gasteiger partial charge in [-0.25, -0.2) is 24.5 Å².